The maximum atomic E-state index is 15.5. The van der Waals surface area contributed by atoms with Gasteiger partial charge in [-0.25, -0.2) is 29.9 Å². The number of carboxylic acids is 1. The molecule has 1 saturated carbocycles. The fraction of sp³-hybridized carbons (Fsp3) is 0.397. The zero-order chi connectivity index (χ0) is 70.6. The number of hydrogen-bond acceptors (Lipinski definition) is 25. The summed E-state index contributed by atoms with van der Waals surface area (Å²) in [6.45, 7) is 6.42. The number of fused-ring (bicyclic) bond motifs is 15. The first kappa shape index (κ1) is 70.6. The van der Waals surface area contributed by atoms with Gasteiger partial charge in [0, 0.05) is 75.7 Å². The minimum absolute atomic E-state index is 0.0535. The zero-order valence-electron chi connectivity index (χ0n) is 54.6. The van der Waals surface area contributed by atoms with Crippen LogP contribution in [0.15, 0.2) is 93.2 Å². The number of aliphatic hydroxyl groups excluding tert-OH is 2. The van der Waals surface area contributed by atoms with Crippen LogP contribution >= 0.6 is 68.4 Å². The largest absolute Gasteiger partial charge is 0.484 e. The second-order valence-electron chi connectivity index (χ2n) is 25.4. The van der Waals surface area contributed by atoms with Gasteiger partial charge in [-0.05, 0) is 93.9 Å². The molecule has 33 heteroatoms. The molecule has 27 nitrogen and oxygen atoms in total. The third kappa shape index (κ3) is 16.3. The molecule has 8 atom stereocenters. The molecule has 1 aliphatic carbocycles. The van der Waals surface area contributed by atoms with Gasteiger partial charge in [-0.1, -0.05) is 49.4 Å². The van der Waals surface area contributed by atoms with Crippen molar-refractivity contribution in [2.75, 3.05) is 45.1 Å². The normalized spacial score (nSPS) is 23.0. The summed E-state index contributed by atoms with van der Waals surface area (Å²) in [5.41, 5.74) is 8.92. The number of nitrogens with two attached hydrogens (primary N) is 1. The fourth-order valence-electron chi connectivity index (χ4n) is 12.9. The van der Waals surface area contributed by atoms with Crippen LogP contribution in [0.25, 0.3) is 32.8 Å². The summed E-state index contributed by atoms with van der Waals surface area (Å²) in [6, 6.07) is 13.2. The molecule has 5 aliphatic rings. The summed E-state index contributed by atoms with van der Waals surface area (Å²) < 4.78 is 5.86. The van der Waals surface area contributed by atoms with Crippen LogP contribution in [0.1, 0.15) is 144 Å². The van der Waals surface area contributed by atoms with E-state index in [0.29, 0.717) is 102 Å². The highest BCUT2D eigenvalue weighted by Crippen LogP contribution is 2.43. The number of amides is 7. The molecule has 10 heterocycles. The number of aliphatic carboxylic acids is 1. The number of nitrogens with zero attached hydrogens (tertiary/aromatic N) is 9. The van der Waals surface area contributed by atoms with Crippen LogP contribution in [0.4, 0.5) is 0 Å². The van der Waals surface area contributed by atoms with Crippen LogP contribution in [0, 0.1) is 18.8 Å². The number of primary amides is 1. The van der Waals surface area contributed by atoms with Crippen LogP contribution in [0.2, 0.25) is 0 Å². The van der Waals surface area contributed by atoms with E-state index in [1.807, 2.05) is 12.3 Å². The van der Waals surface area contributed by atoms with Crippen LogP contribution < -0.4 is 37.1 Å². The number of hydrogen-bond donors (Lipinski definition) is 9. The minimum atomic E-state index is -1.43. The number of aryl methyl sites for hydroxylation is 1. The first-order chi connectivity index (χ1) is 48.8. The minimum Gasteiger partial charge on any atom is -0.484 e. The van der Waals surface area contributed by atoms with E-state index in [9.17, 15) is 48.9 Å². The molecule has 0 spiro atoms. The number of pyridine rings is 1. The highest BCUT2D eigenvalue weighted by atomic mass is 32.2. The molecule has 7 amide bonds. The standard InChI is InChI=1S/C68H71N15O12S6/c1-33-49(84)26-83-55(33)66-79-48(32-100-66)63-75-44(28-97-63)53-40(18-19-41(72-53)62-77-45(30-98-62)57(88)71-38-14-12-37(13-15-38)68(93)94)61-76-46(29-96-61)58(89)73-42(25-50(69)85)64-81-52(34(2)101-64)60(91)80-54(56(87)36-8-4-3-5-9-36)65-78-47(31-99-65)59(90)74-43(67(83)92)24-35-10-16-39(17-11-35)95-27-51(86)70-20-23-82-21-6-7-22-82/h3-5,8-11,16-19,28,30-33,37-38,42-43,46,49,54-56,84,87H,6-7,12-15,20-27,29H2,1-2H3,(H2,69,85)(H,70,86)(H,71,88)(H,73,89)(H,74,90)(H,80,91)(H,93,94)/t33-,37?,38?,42-,43-,46?,49-,54-,55-,56+/m0/s1. The van der Waals surface area contributed by atoms with Gasteiger partial charge in [0.05, 0.1) is 36.2 Å². The summed E-state index contributed by atoms with van der Waals surface area (Å²) in [7, 11) is 0. The number of thiazole rings is 5. The highest BCUT2D eigenvalue weighted by Gasteiger charge is 2.46. The smallest absolute Gasteiger partial charge is 0.306 e. The molecular formula is C68H71N15O12S6. The third-order valence-corrected chi connectivity index (χ3v) is 24.1. The molecule has 13 rings (SSSR count). The fourth-order valence-corrected chi connectivity index (χ4v) is 18.4. The summed E-state index contributed by atoms with van der Waals surface area (Å²) in [5.74, 6) is -5.30. The molecule has 4 aliphatic heterocycles. The van der Waals surface area contributed by atoms with Crippen molar-refractivity contribution in [2.45, 2.75) is 114 Å². The van der Waals surface area contributed by atoms with Crippen molar-refractivity contribution < 1.29 is 58.4 Å². The van der Waals surface area contributed by atoms with Gasteiger partial charge in [0.15, 0.2) is 6.61 Å². The van der Waals surface area contributed by atoms with Gasteiger partial charge in [-0.3, -0.25) is 43.3 Å². The van der Waals surface area contributed by atoms with Gasteiger partial charge >= 0.3 is 5.97 Å². The Morgan fingerprint density at radius 1 is 0.752 bits per heavy atom. The molecule has 10 bridgehead atoms. The SMILES string of the molecule is Cc1sc2nc1C(=O)N[C@@H]([C@H](O)c1ccccc1)c1nc(cs1)C(=O)N[C@@H](Cc1ccc(OCC(=O)NCCN3CCCC3)cc1)C(=O)N1C[C@H](O)[C@H](C)[C@H]1c1nc(cs1)-c1nc(cs1)-c1nc(-c3nc(C(=O)NC4CCC(C(=O)O)CC4)cs3)ccc1C1=NC(CS1)C(=O)N[C@H]2CC(N)=O. The summed E-state index contributed by atoms with van der Waals surface area (Å²) in [5, 5.41) is 56.9. The number of ether oxygens (including phenoxy) is 1. The molecule has 2 saturated heterocycles. The number of benzene rings is 2. The van der Waals surface area contributed by atoms with Crippen molar-refractivity contribution in [3.63, 3.8) is 0 Å². The molecule has 8 aromatic rings. The lowest BCUT2D eigenvalue weighted by Gasteiger charge is -2.29. The maximum absolute atomic E-state index is 15.5. The molecule has 10 N–H and O–H groups in total. The van der Waals surface area contributed by atoms with Gasteiger partial charge in [0.1, 0.15) is 94.2 Å². The molecule has 3 fully saturated rings. The van der Waals surface area contributed by atoms with E-state index in [1.165, 1.54) is 56.1 Å². The lowest BCUT2D eigenvalue weighted by molar-refractivity contribution is -0.143. The molecule has 2 aromatic carbocycles. The number of aromatic nitrogens is 6. The van der Waals surface area contributed by atoms with Gasteiger partial charge < -0.3 is 62.2 Å². The predicted molar refractivity (Wildman–Crippen MR) is 382 cm³/mol. The number of thioether (sulfide) groups is 1. The number of carbonyl (C=O) groups excluding carboxylic acids is 7. The van der Waals surface area contributed by atoms with Crippen molar-refractivity contribution >= 4 is 121 Å². The van der Waals surface area contributed by atoms with Gasteiger partial charge in [0.2, 0.25) is 17.7 Å². The Hall–Kier alpha value is -8.80. The zero-order valence-corrected chi connectivity index (χ0v) is 59.5. The lowest BCUT2D eigenvalue weighted by atomic mass is 9.86. The Morgan fingerprint density at radius 3 is 2.24 bits per heavy atom. The van der Waals surface area contributed by atoms with Crippen molar-refractivity contribution in [1.82, 2.24) is 66.3 Å². The Kier molecular flexibility index (Phi) is 21.8. The van der Waals surface area contributed by atoms with Crippen molar-refractivity contribution in [3.05, 3.63) is 142 Å². The van der Waals surface area contributed by atoms with E-state index in [1.54, 1.807) is 84.4 Å². The highest BCUT2D eigenvalue weighted by molar-refractivity contribution is 8.14. The molecule has 526 valence electrons. The molecule has 1 unspecified atom stereocenters. The first-order valence-electron chi connectivity index (χ1n) is 33.0. The second kappa shape index (κ2) is 31.2. The van der Waals surface area contributed by atoms with E-state index < -0.39 is 95.7 Å². The van der Waals surface area contributed by atoms with Crippen LogP contribution in [-0.4, -0.2) is 177 Å². The van der Waals surface area contributed by atoms with E-state index in [2.05, 4.69) is 36.5 Å². The Balaban J connectivity index is 0.846. The van der Waals surface area contributed by atoms with E-state index in [0.717, 1.165) is 55.1 Å². The lowest BCUT2D eigenvalue weighted by Crippen LogP contribution is -2.50. The second-order valence-corrected chi connectivity index (χ2v) is 31.1. The Morgan fingerprint density at radius 2 is 1.48 bits per heavy atom. The molecule has 101 heavy (non-hydrogen) atoms. The number of likely N-dealkylation sites (tertiary alicyclic amines) is 1. The van der Waals surface area contributed by atoms with Crippen LogP contribution in [0.5, 0.6) is 5.75 Å². The van der Waals surface area contributed by atoms with E-state index in [-0.39, 0.29) is 70.8 Å². The van der Waals surface area contributed by atoms with Crippen LogP contribution in [-0.2, 0) is 30.4 Å². The van der Waals surface area contributed by atoms with E-state index in [4.69, 9.17) is 40.4 Å². The number of nitrogens with one attached hydrogen (secondary N) is 5. The van der Waals surface area contributed by atoms with Crippen molar-refractivity contribution in [1.29, 1.82) is 0 Å². The first-order valence-corrected chi connectivity index (χ1v) is 38.3. The molecule has 6 aromatic heterocycles. The quantitative estimate of drug-likeness (QED) is 0.0487. The number of aliphatic imine (C=N–C) groups is 1. The van der Waals surface area contributed by atoms with Gasteiger partial charge in [-0.2, -0.15) is 0 Å². The Labute approximate surface area is 603 Å². The van der Waals surface area contributed by atoms with Crippen LogP contribution in [0.3, 0.4) is 0 Å². The number of carboxylic acid groups (broad SMARTS) is 1. The average molecular weight is 1480 g/mol. The number of aliphatic hydroxyl groups is 2. The van der Waals surface area contributed by atoms with Crippen molar-refractivity contribution in [3.8, 4) is 38.5 Å². The molecular weight excluding hydrogens is 1410 g/mol. The average Bonchev–Trinajstić information content (AvgIpc) is 1.66. The number of rotatable bonds is 16. The monoisotopic (exact) mass is 1480 g/mol. The predicted octanol–water partition coefficient (Wildman–Crippen LogP) is 6.67. The van der Waals surface area contributed by atoms with Gasteiger partial charge in [0.25, 0.3) is 23.6 Å². The maximum Gasteiger partial charge on any atom is 0.306 e. The molecule has 0 radical (unpaired) electrons. The topological polar surface area (TPSA) is 389 Å². The number of carbonyl (C=O) groups is 8. The summed E-state index contributed by atoms with van der Waals surface area (Å²) >= 11 is 7.10. The summed E-state index contributed by atoms with van der Waals surface area (Å²) in [6.07, 6.45) is 1.36. The van der Waals surface area contributed by atoms with Crippen molar-refractivity contribution in [2.24, 2.45) is 22.6 Å². The third-order valence-electron chi connectivity index (χ3n) is 18.4. The summed E-state index contributed by atoms with van der Waals surface area (Å²) in [4.78, 5) is 149. The Bertz CT molecular complexity index is 4450. The van der Waals surface area contributed by atoms with E-state index >= 15 is 4.79 Å². The van der Waals surface area contributed by atoms with Gasteiger partial charge in [-0.15, -0.1) is 68.4 Å².